The quantitative estimate of drug-likeness (QED) is 0.877. The highest BCUT2D eigenvalue weighted by Gasteiger charge is 2.36. The van der Waals surface area contributed by atoms with E-state index in [4.69, 9.17) is 4.74 Å². The number of pyridine rings is 1. The van der Waals surface area contributed by atoms with E-state index in [1.165, 1.54) is 24.0 Å². The number of rotatable bonds is 4. The molecule has 4 heteroatoms. The minimum atomic E-state index is -0.722. The highest BCUT2D eigenvalue weighted by atomic mass is 16.5. The monoisotopic (exact) mass is 352 g/mol. The number of ether oxygens (including phenoxy) is 1. The summed E-state index contributed by atoms with van der Waals surface area (Å²) >= 11 is 0. The summed E-state index contributed by atoms with van der Waals surface area (Å²) in [5.74, 6) is 1.02. The Kier molecular flexibility index (Phi) is 4.96. The summed E-state index contributed by atoms with van der Waals surface area (Å²) in [6, 6.07) is 11.1. The zero-order chi connectivity index (χ0) is 18.0. The van der Waals surface area contributed by atoms with Gasteiger partial charge in [0.25, 0.3) is 0 Å². The van der Waals surface area contributed by atoms with Crippen LogP contribution in [0, 0.1) is 0 Å². The molecule has 0 radical (unpaired) electrons. The van der Waals surface area contributed by atoms with Crippen molar-refractivity contribution in [3.8, 4) is 5.75 Å². The molecule has 0 spiro atoms. The van der Waals surface area contributed by atoms with Crippen LogP contribution in [-0.2, 0) is 12.0 Å². The van der Waals surface area contributed by atoms with Gasteiger partial charge in [0.2, 0.25) is 0 Å². The number of aromatic nitrogens is 1. The zero-order valence-electron chi connectivity index (χ0n) is 15.4. The molecule has 1 saturated carbocycles. The second kappa shape index (κ2) is 7.37. The maximum Gasteiger partial charge on any atom is 0.122 e. The van der Waals surface area contributed by atoms with Crippen molar-refractivity contribution in [2.24, 2.45) is 0 Å². The molecule has 1 atom stereocenters. The van der Waals surface area contributed by atoms with Gasteiger partial charge >= 0.3 is 0 Å². The van der Waals surface area contributed by atoms with E-state index in [9.17, 15) is 5.11 Å². The normalized spacial score (nSPS) is 28.4. The number of hydrogen-bond donors (Lipinski definition) is 2. The summed E-state index contributed by atoms with van der Waals surface area (Å²) in [5, 5.41) is 14.9. The highest BCUT2D eigenvalue weighted by molar-refractivity contribution is 5.43. The fourth-order valence-electron chi connectivity index (χ4n) is 4.65. The third-order valence-electron chi connectivity index (χ3n) is 6.13. The highest BCUT2D eigenvalue weighted by Crippen LogP contribution is 2.39. The Bertz CT molecular complexity index is 739. The first-order chi connectivity index (χ1) is 12.7. The van der Waals surface area contributed by atoms with Crippen molar-refractivity contribution in [2.45, 2.75) is 62.6 Å². The molecule has 1 unspecified atom stereocenters. The van der Waals surface area contributed by atoms with Gasteiger partial charge in [-0.3, -0.25) is 4.98 Å². The Morgan fingerprint density at radius 1 is 1.15 bits per heavy atom. The van der Waals surface area contributed by atoms with E-state index in [1.807, 2.05) is 12.1 Å². The molecule has 1 aromatic heterocycles. The summed E-state index contributed by atoms with van der Waals surface area (Å²) in [4.78, 5) is 4.17. The van der Waals surface area contributed by atoms with Gasteiger partial charge in [0.05, 0.1) is 12.7 Å². The van der Waals surface area contributed by atoms with E-state index in [1.54, 1.807) is 19.5 Å². The number of methoxy groups -OCH3 is 1. The second-order valence-corrected chi connectivity index (χ2v) is 7.69. The van der Waals surface area contributed by atoms with Crippen molar-refractivity contribution in [1.29, 1.82) is 0 Å². The molecule has 1 heterocycles. The lowest BCUT2D eigenvalue weighted by Crippen LogP contribution is -2.42. The lowest BCUT2D eigenvalue weighted by Gasteiger charge is -2.39. The van der Waals surface area contributed by atoms with E-state index >= 15 is 0 Å². The minimum absolute atomic E-state index is 0.392. The Balaban J connectivity index is 1.43. The second-order valence-electron chi connectivity index (χ2n) is 7.69. The van der Waals surface area contributed by atoms with Crippen LogP contribution in [0.4, 0.5) is 0 Å². The van der Waals surface area contributed by atoms with Crippen LogP contribution < -0.4 is 10.1 Å². The summed E-state index contributed by atoms with van der Waals surface area (Å²) in [7, 11) is 1.76. The molecule has 2 N–H and O–H groups in total. The fraction of sp³-hybridized carbons (Fsp3) is 0.500. The van der Waals surface area contributed by atoms with Gasteiger partial charge in [0.15, 0.2) is 0 Å². The molecule has 138 valence electrons. The van der Waals surface area contributed by atoms with Crippen molar-refractivity contribution in [3.05, 3.63) is 59.4 Å². The van der Waals surface area contributed by atoms with Gasteiger partial charge in [-0.1, -0.05) is 18.2 Å². The topological polar surface area (TPSA) is 54.4 Å². The number of hydrogen-bond acceptors (Lipinski definition) is 4. The third kappa shape index (κ3) is 3.36. The first-order valence-electron chi connectivity index (χ1n) is 9.74. The molecule has 1 fully saturated rings. The molecule has 26 heavy (non-hydrogen) atoms. The van der Waals surface area contributed by atoms with Gasteiger partial charge in [0, 0.05) is 30.0 Å². The smallest absolute Gasteiger partial charge is 0.122 e. The van der Waals surface area contributed by atoms with Gasteiger partial charge in [0.1, 0.15) is 5.75 Å². The predicted molar refractivity (Wildman–Crippen MR) is 102 cm³/mol. The van der Waals surface area contributed by atoms with Crippen LogP contribution in [0.15, 0.2) is 42.7 Å². The first-order valence-corrected chi connectivity index (χ1v) is 9.74. The molecule has 0 bridgehead atoms. The van der Waals surface area contributed by atoms with Crippen LogP contribution in [0.1, 0.15) is 61.3 Å². The molecule has 2 aliphatic carbocycles. The maximum atomic E-state index is 11.0. The Morgan fingerprint density at radius 2 is 2.00 bits per heavy atom. The van der Waals surface area contributed by atoms with Crippen molar-refractivity contribution in [2.75, 3.05) is 7.11 Å². The fourth-order valence-corrected chi connectivity index (χ4v) is 4.65. The number of benzene rings is 1. The van der Waals surface area contributed by atoms with Gasteiger partial charge in [-0.05, 0) is 68.2 Å². The molecular weight excluding hydrogens is 324 g/mol. The average Bonchev–Trinajstić information content (AvgIpc) is 2.70. The van der Waals surface area contributed by atoms with E-state index in [0.717, 1.165) is 43.4 Å². The molecule has 1 aromatic carbocycles. The van der Waals surface area contributed by atoms with Crippen LogP contribution in [-0.4, -0.2) is 23.2 Å². The van der Waals surface area contributed by atoms with Crippen molar-refractivity contribution < 1.29 is 9.84 Å². The summed E-state index contributed by atoms with van der Waals surface area (Å²) in [6.07, 6.45) is 10.6. The van der Waals surface area contributed by atoms with Gasteiger partial charge in [-0.25, -0.2) is 0 Å². The molecule has 0 aliphatic heterocycles. The molecular formula is C22H28N2O2. The summed E-state index contributed by atoms with van der Waals surface area (Å²) in [5.41, 5.74) is 2.98. The van der Waals surface area contributed by atoms with Gasteiger partial charge in [-0.15, -0.1) is 0 Å². The van der Waals surface area contributed by atoms with Crippen LogP contribution in [0.2, 0.25) is 0 Å². The Morgan fingerprint density at radius 3 is 2.73 bits per heavy atom. The number of fused-ring (bicyclic) bond motifs is 1. The molecule has 2 aliphatic rings. The maximum absolute atomic E-state index is 11.0. The minimum Gasteiger partial charge on any atom is -0.496 e. The van der Waals surface area contributed by atoms with Crippen LogP contribution in [0.25, 0.3) is 0 Å². The third-order valence-corrected chi connectivity index (χ3v) is 6.13. The van der Waals surface area contributed by atoms with E-state index in [2.05, 4.69) is 28.5 Å². The first kappa shape index (κ1) is 17.5. The summed E-state index contributed by atoms with van der Waals surface area (Å²) < 4.78 is 5.56. The predicted octanol–water partition coefficient (Wildman–Crippen LogP) is 3.89. The van der Waals surface area contributed by atoms with Crippen LogP contribution in [0.3, 0.4) is 0 Å². The number of aliphatic hydroxyl groups is 1. The standard InChI is InChI=1S/C22H28N2O2/c1-26-21-9-3-6-18-19(21)7-2-8-20(18)24-17-10-12-22(25,13-11-17)16-5-4-14-23-15-16/h3-6,9,14-15,17,20,24-25H,2,7-8,10-13H2,1H3. The average molecular weight is 352 g/mol. The lowest BCUT2D eigenvalue weighted by atomic mass is 9.77. The molecule has 0 saturated heterocycles. The van der Waals surface area contributed by atoms with E-state index < -0.39 is 5.60 Å². The van der Waals surface area contributed by atoms with Crippen LogP contribution >= 0.6 is 0 Å². The molecule has 4 rings (SSSR count). The zero-order valence-corrected chi connectivity index (χ0v) is 15.4. The number of nitrogens with zero attached hydrogens (tertiary/aromatic N) is 1. The molecule has 2 aromatic rings. The van der Waals surface area contributed by atoms with Crippen molar-refractivity contribution in [1.82, 2.24) is 10.3 Å². The SMILES string of the molecule is COc1cccc2c1CCCC2NC1CCC(O)(c2cccnc2)CC1. The van der Waals surface area contributed by atoms with Crippen molar-refractivity contribution >= 4 is 0 Å². The van der Waals surface area contributed by atoms with Gasteiger partial charge < -0.3 is 15.2 Å². The lowest BCUT2D eigenvalue weighted by molar-refractivity contribution is -0.00988. The number of nitrogens with one attached hydrogen (secondary N) is 1. The Labute approximate surface area is 155 Å². The molecule has 0 amide bonds. The van der Waals surface area contributed by atoms with Gasteiger partial charge in [-0.2, -0.15) is 0 Å². The van der Waals surface area contributed by atoms with Crippen molar-refractivity contribution in [3.63, 3.8) is 0 Å². The Hall–Kier alpha value is -1.91. The largest absolute Gasteiger partial charge is 0.496 e. The van der Waals surface area contributed by atoms with Crippen LogP contribution in [0.5, 0.6) is 5.75 Å². The summed E-state index contributed by atoms with van der Waals surface area (Å²) in [6.45, 7) is 0. The van der Waals surface area contributed by atoms with E-state index in [-0.39, 0.29) is 0 Å². The van der Waals surface area contributed by atoms with E-state index in [0.29, 0.717) is 12.1 Å². The molecule has 4 nitrogen and oxygen atoms in total.